The van der Waals surface area contributed by atoms with Gasteiger partial charge in [0.15, 0.2) is 0 Å². The topological polar surface area (TPSA) is 47.4 Å². The first kappa shape index (κ1) is 13.9. The van der Waals surface area contributed by atoms with Crippen molar-refractivity contribution >= 4 is 6.09 Å². The molecule has 0 saturated heterocycles. The van der Waals surface area contributed by atoms with Gasteiger partial charge < -0.3 is 9.30 Å². The monoisotopic (exact) mass is 265 g/mol. The summed E-state index contributed by atoms with van der Waals surface area (Å²) in [6.07, 6.45) is 1.76. The Bertz CT molecular complexity index is 497. The lowest BCUT2D eigenvalue weighted by Crippen LogP contribution is -2.54. The van der Waals surface area contributed by atoms with E-state index < -0.39 is 5.60 Å². The molecule has 0 bridgehead atoms. The molecule has 5 nitrogen and oxygen atoms in total. The molecular weight excluding hydrogens is 242 g/mol. The average molecular weight is 265 g/mol. The molecule has 0 fully saturated rings. The Morgan fingerprint density at radius 2 is 2.05 bits per heavy atom. The maximum atomic E-state index is 12.3. The van der Waals surface area contributed by atoms with Crippen molar-refractivity contribution in [3.8, 4) is 0 Å². The summed E-state index contributed by atoms with van der Waals surface area (Å²) >= 11 is 0. The molecule has 5 heteroatoms. The summed E-state index contributed by atoms with van der Waals surface area (Å²) in [6, 6.07) is 0. The molecule has 1 amide bonds. The van der Waals surface area contributed by atoms with Crippen LogP contribution in [-0.2, 0) is 17.8 Å². The number of ether oxygens (including phenoxy) is 1. The lowest BCUT2D eigenvalue weighted by Gasteiger charge is -2.42. The van der Waals surface area contributed by atoms with Crippen LogP contribution in [-0.4, -0.2) is 31.7 Å². The zero-order valence-corrected chi connectivity index (χ0v) is 12.6. The summed E-state index contributed by atoms with van der Waals surface area (Å²) in [5, 5.41) is 0. The van der Waals surface area contributed by atoms with Crippen molar-refractivity contribution in [2.75, 3.05) is 0 Å². The second-order valence-electron chi connectivity index (χ2n) is 6.81. The van der Waals surface area contributed by atoms with Crippen LogP contribution in [0.15, 0.2) is 6.20 Å². The summed E-state index contributed by atoms with van der Waals surface area (Å²) in [7, 11) is 0. The minimum Gasteiger partial charge on any atom is -0.444 e. The Hall–Kier alpha value is -1.52. The first-order valence-electron chi connectivity index (χ1n) is 6.62. The molecule has 2 heterocycles. The van der Waals surface area contributed by atoms with E-state index in [1.807, 2.05) is 33.9 Å². The van der Waals surface area contributed by atoms with Gasteiger partial charge in [-0.05, 0) is 41.5 Å². The van der Waals surface area contributed by atoms with E-state index in [1.165, 1.54) is 0 Å². The van der Waals surface area contributed by atoms with E-state index in [0.717, 1.165) is 18.1 Å². The zero-order valence-electron chi connectivity index (χ0n) is 12.6. The van der Waals surface area contributed by atoms with Gasteiger partial charge in [0, 0.05) is 12.7 Å². The first-order valence-corrected chi connectivity index (χ1v) is 6.62. The number of aryl methyl sites for hydroxylation is 1. The molecular formula is C14H23N3O2. The number of rotatable bonds is 0. The number of carbonyl (C=O) groups is 1. The average Bonchev–Trinajstić information content (AvgIpc) is 2.51. The Labute approximate surface area is 114 Å². The fourth-order valence-electron chi connectivity index (χ4n) is 2.35. The predicted molar refractivity (Wildman–Crippen MR) is 72.8 cm³/mol. The van der Waals surface area contributed by atoms with E-state index in [2.05, 4.69) is 23.4 Å². The van der Waals surface area contributed by atoms with Gasteiger partial charge in [-0.3, -0.25) is 4.90 Å². The quantitative estimate of drug-likeness (QED) is 0.724. The van der Waals surface area contributed by atoms with Gasteiger partial charge in [-0.25, -0.2) is 9.78 Å². The molecule has 2 rings (SSSR count). The minimum atomic E-state index is -0.476. The largest absolute Gasteiger partial charge is 0.444 e. The molecule has 0 unspecified atom stereocenters. The number of aromatic nitrogens is 2. The lowest BCUT2D eigenvalue weighted by molar-refractivity contribution is -0.0104. The van der Waals surface area contributed by atoms with E-state index in [4.69, 9.17) is 4.74 Å². The van der Waals surface area contributed by atoms with Gasteiger partial charge in [-0.1, -0.05) is 0 Å². The van der Waals surface area contributed by atoms with Gasteiger partial charge in [0.2, 0.25) is 0 Å². The van der Waals surface area contributed by atoms with E-state index in [1.54, 1.807) is 4.90 Å². The minimum absolute atomic E-state index is 0.274. The van der Waals surface area contributed by atoms with Crippen LogP contribution in [0.2, 0.25) is 0 Å². The Balaban J connectivity index is 2.24. The number of fused-ring (bicyclic) bond motifs is 1. The van der Waals surface area contributed by atoms with Crippen molar-refractivity contribution in [2.24, 2.45) is 0 Å². The third-order valence-electron chi connectivity index (χ3n) is 3.18. The zero-order chi connectivity index (χ0) is 14.4. The van der Waals surface area contributed by atoms with E-state index in [9.17, 15) is 4.79 Å². The van der Waals surface area contributed by atoms with Crippen molar-refractivity contribution in [3.05, 3.63) is 17.7 Å². The number of hydrogen-bond acceptors (Lipinski definition) is 3. The van der Waals surface area contributed by atoms with Gasteiger partial charge in [0.05, 0.1) is 17.8 Å². The van der Waals surface area contributed by atoms with Crippen LogP contribution in [0, 0.1) is 6.92 Å². The molecule has 19 heavy (non-hydrogen) atoms. The third kappa shape index (κ3) is 2.91. The number of nitrogens with zero attached hydrogens (tertiary/aromatic N) is 3. The normalized spacial score (nSPS) is 18.1. The molecule has 1 aliphatic rings. The van der Waals surface area contributed by atoms with E-state index in [0.29, 0.717) is 6.54 Å². The van der Waals surface area contributed by atoms with Crippen LogP contribution >= 0.6 is 0 Å². The highest BCUT2D eigenvalue weighted by molar-refractivity contribution is 5.69. The second-order valence-corrected chi connectivity index (χ2v) is 6.81. The summed E-state index contributed by atoms with van der Waals surface area (Å²) in [5.74, 6) is 0.919. The fourth-order valence-corrected chi connectivity index (χ4v) is 2.35. The molecule has 0 aliphatic carbocycles. The van der Waals surface area contributed by atoms with Crippen LogP contribution in [0.25, 0.3) is 0 Å². The van der Waals surface area contributed by atoms with Gasteiger partial charge in [0.25, 0.3) is 0 Å². The van der Waals surface area contributed by atoms with Gasteiger partial charge in [-0.15, -0.1) is 0 Å². The van der Waals surface area contributed by atoms with Crippen LogP contribution in [0.3, 0.4) is 0 Å². The SMILES string of the molecule is Cc1cn2c(n1)CN(C(=O)OC(C)(C)C)C(C)(C)C2. The van der Waals surface area contributed by atoms with Crippen molar-refractivity contribution in [1.82, 2.24) is 14.5 Å². The molecule has 1 aromatic rings. The number of imidazole rings is 1. The van der Waals surface area contributed by atoms with E-state index >= 15 is 0 Å². The fraction of sp³-hybridized carbons (Fsp3) is 0.714. The van der Waals surface area contributed by atoms with E-state index in [-0.39, 0.29) is 11.6 Å². The molecule has 0 radical (unpaired) electrons. The molecule has 0 saturated carbocycles. The maximum absolute atomic E-state index is 12.3. The predicted octanol–water partition coefficient (Wildman–Crippen LogP) is 2.72. The summed E-state index contributed by atoms with van der Waals surface area (Å²) in [4.78, 5) is 18.5. The number of hydrogen-bond donors (Lipinski definition) is 0. The number of amides is 1. The van der Waals surface area contributed by atoms with Crippen LogP contribution < -0.4 is 0 Å². The van der Waals surface area contributed by atoms with Gasteiger partial charge in [-0.2, -0.15) is 0 Å². The molecule has 0 aromatic carbocycles. The molecule has 0 N–H and O–H groups in total. The summed E-state index contributed by atoms with van der Waals surface area (Å²) in [5.41, 5.74) is 0.232. The molecule has 0 spiro atoms. The van der Waals surface area contributed by atoms with Gasteiger partial charge in [0.1, 0.15) is 11.4 Å². The van der Waals surface area contributed by atoms with Crippen molar-refractivity contribution in [3.63, 3.8) is 0 Å². The third-order valence-corrected chi connectivity index (χ3v) is 3.18. The molecule has 0 atom stereocenters. The Kier molecular flexibility index (Phi) is 3.11. The van der Waals surface area contributed by atoms with Crippen LogP contribution in [0.4, 0.5) is 4.79 Å². The second kappa shape index (κ2) is 4.25. The van der Waals surface area contributed by atoms with Crippen molar-refractivity contribution in [2.45, 2.75) is 65.8 Å². The standard InChI is InChI=1S/C14H23N3O2/c1-10-7-16-9-14(5,6)17(8-11(16)15-10)12(18)19-13(2,3)4/h7H,8-9H2,1-6H3. The highest BCUT2D eigenvalue weighted by atomic mass is 16.6. The maximum Gasteiger partial charge on any atom is 0.411 e. The Morgan fingerprint density at radius 3 is 2.63 bits per heavy atom. The lowest BCUT2D eigenvalue weighted by atomic mass is 10.0. The first-order chi connectivity index (χ1) is 8.58. The summed E-state index contributed by atoms with van der Waals surface area (Å²) < 4.78 is 7.61. The highest BCUT2D eigenvalue weighted by Gasteiger charge is 2.38. The van der Waals surface area contributed by atoms with Crippen molar-refractivity contribution < 1.29 is 9.53 Å². The molecule has 1 aromatic heterocycles. The number of carbonyl (C=O) groups excluding carboxylic acids is 1. The summed E-state index contributed by atoms with van der Waals surface area (Å²) in [6.45, 7) is 12.9. The van der Waals surface area contributed by atoms with Crippen molar-refractivity contribution in [1.29, 1.82) is 0 Å². The molecule has 1 aliphatic heterocycles. The van der Waals surface area contributed by atoms with Gasteiger partial charge >= 0.3 is 6.09 Å². The van der Waals surface area contributed by atoms with Crippen LogP contribution in [0.1, 0.15) is 46.1 Å². The smallest absolute Gasteiger partial charge is 0.411 e. The molecule has 106 valence electrons. The highest BCUT2D eigenvalue weighted by Crippen LogP contribution is 2.28. The Morgan fingerprint density at radius 1 is 1.42 bits per heavy atom. The van der Waals surface area contributed by atoms with Crippen LogP contribution in [0.5, 0.6) is 0 Å².